The minimum atomic E-state index is -0.0164. The van der Waals surface area contributed by atoms with Crippen molar-refractivity contribution in [3.63, 3.8) is 0 Å². The number of rotatable bonds is 3. The number of hydrogen-bond donors (Lipinski definition) is 1. The summed E-state index contributed by atoms with van der Waals surface area (Å²) in [5.41, 5.74) is 1.64. The van der Waals surface area contributed by atoms with Gasteiger partial charge in [-0.25, -0.2) is 4.68 Å². The zero-order valence-electron chi connectivity index (χ0n) is 11.9. The third-order valence-corrected chi connectivity index (χ3v) is 3.69. The highest BCUT2D eigenvalue weighted by atomic mass is 16.2. The Morgan fingerprint density at radius 2 is 2.38 bits per heavy atom. The molecule has 0 bridgehead atoms. The Hall–Kier alpha value is -2.28. The minimum Gasteiger partial charge on any atom is -0.334 e. The van der Waals surface area contributed by atoms with Gasteiger partial charge >= 0.3 is 0 Å². The van der Waals surface area contributed by atoms with Crippen LogP contribution in [0.2, 0.25) is 0 Å². The van der Waals surface area contributed by atoms with Crippen molar-refractivity contribution in [1.82, 2.24) is 30.2 Å². The van der Waals surface area contributed by atoms with Crippen molar-refractivity contribution in [1.29, 1.82) is 0 Å². The molecule has 2 aromatic heterocycles. The number of amides is 1. The van der Waals surface area contributed by atoms with Gasteiger partial charge in [0, 0.05) is 38.6 Å². The smallest absolute Gasteiger partial charge is 0.273 e. The zero-order valence-corrected chi connectivity index (χ0v) is 11.9. The van der Waals surface area contributed by atoms with Gasteiger partial charge in [-0.1, -0.05) is 11.3 Å². The Morgan fingerprint density at radius 3 is 3.14 bits per heavy atom. The summed E-state index contributed by atoms with van der Waals surface area (Å²) in [6.07, 6.45) is 5.12. The average molecular weight is 286 g/mol. The number of aromatic nitrogens is 4. The van der Waals surface area contributed by atoms with Crippen LogP contribution >= 0.6 is 0 Å². The van der Waals surface area contributed by atoms with E-state index in [0.717, 1.165) is 12.1 Å². The van der Waals surface area contributed by atoms with Crippen LogP contribution in [0.1, 0.15) is 29.0 Å². The lowest BCUT2D eigenvalue weighted by Crippen LogP contribution is -2.48. The Labute approximate surface area is 123 Å². The van der Waals surface area contributed by atoms with Crippen molar-refractivity contribution in [3.8, 4) is 0 Å². The summed E-state index contributed by atoms with van der Waals surface area (Å²) in [5.74, 6) is -0.0164. The van der Waals surface area contributed by atoms with E-state index in [4.69, 9.17) is 0 Å². The van der Waals surface area contributed by atoms with Crippen LogP contribution in [0.4, 0.5) is 0 Å². The summed E-state index contributed by atoms with van der Waals surface area (Å²) >= 11 is 0. The lowest BCUT2D eigenvalue weighted by atomic mass is 10.1. The fourth-order valence-electron chi connectivity index (χ4n) is 2.56. The molecule has 7 heteroatoms. The first kappa shape index (κ1) is 13.7. The van der Waals surface area contributed by atoms with Crippen LogP contribution in [0.3, 0.4) is 0 Å². The molecular formula is C14H18N6O. The van der Waals surface area contributed by atoms with E-state index in [-0.39, 0.29) is 11.9 Å². The first-order valence-corrected chi connectivity index (χ1v) is 7.10. The molecule has 0 saturated carbocycles. The Kier molecular flexibility index (Phi) is 3.92. The van der Waals surface area contributed by atoms with Crippen LogP contribution in [-0.4, -0.2) is 50.4 Å². The van der Waals surface area contributed by atoms with Crippen molar-refractivity contribution in [2.75, 3.05) is 19.6 Å². The van der Waals surface area contributed by atoms with Crippen molar-refractivity contribution in [3.05, 3.63) is 42.0 Å². The summed E-state index contributed by atoms with van der Waals surface area (Å²) < 4.78 is 1.63. The van der Waals surface area contributed by atoms with E-state index in [1.54, 1.807) is 10.9 Å². The van der Waals surface area contributed by atoms with Gasteiger partial charge < -0.3 is 10.2 Å². The van der Waals surface area contributed by atoms with Crippen molar-refractivity contribution >= 4 is 5.91 Å². The van der Waals surface area contributed by atoms with Gasteiger partial charge in [-0.2, -0.15) is 0 Å². The predicted molar refractivity (Wildman–Crippen MR) is 76.6 cm³/mol. The molecule has 21 heavy (non-hydrogen) atoms. The van der Waals surface area contributed by atoms with Crippen LogP contribution in [0.15, 0.2) is 30.7 Å². The first-order valence-electron chi connectivity index (χ1n) is 7.10. The zero-order chi connectivity index (χ0) is 14.7. The largest absolute Gasteiger partial charge is 0.334 e. The number of hydrogen-bond acceptors (Lipinski definition) is 5. The van der Waals surface area contributed by atoms with Crippen LogP contribution in [0.25, 0.3) is 0 Å². The molecule has 1 fully saturated rings. The quantitative estimate of drug-likeness (QED) is 0.888. The van der Waals surface area contributed by atoms with Crippen LogP contribution in [0, 0.1) is 0 Å². The molecule has 0 aromatic carbocycles. The number of pyridine rings is 1. The second kappa shape index (κ2) is 6.01. The third-order valence-electron chi connectivity index (χ3n) is 3.69. The number of carbonyl (C=O) groups excluding carboxylic acids is 1. The molecule has 1 aliphatic heterocycles. The number of piperazine rings is 1. The van der Waals surface area contributed by atoms with E-state index in [2.05, 4.69) is 20.6 Å². The standard InChI is InChI=1S/C14H18N6O/c1-2-20-13(9-17-18-20)14(21)19-7-6-16-12(10-19)11-4-3-5-15-8-11/h3-5,8-9,12,16H,2,6-7,10H2,1H3. The molecule has 110 valence electrons. The highest BCUT2D eigenvalue weighted by Crippen LogP contribution is 2.17. The summed E-state index contributed by atoms with van der Waals surface area (Å²) in [5, 5.41) is 11.2. The van der Waals surface area contributed by atoms with Gasteiger partial charge in [0.25, 0.3) is 5.91 Å². The second-order valence-electron chi connectivity index (χ2n) is 4.98. The molecule has 3 rings (SSSR count). The van der Waals surface area contributed by atoms with E-state index in [0.29, 0.717) is 25.3 Å². The van der Waals surface area contributed by atoms with Gasteiger partial charge in [-0.3, -0.25) is 9.78 Å². The summed E-state index contributed by atoms with van der Waals surface area (Å²) in [7, 11) is 0. The molecule has 0 aliphatic carbocycles. The van der Waals surface area contributed by atoms with Crippen molar-refractivity contribution in [2.45, 2.75) is 19.5 Å². The number of carbonyl (C=O) groups is 1. The number of nitrogens with one attached hydrogen (secondary N) is 1. The molecule has 3 heterocycles. The Balaban J connectivity index is 1.76. The minimum absolute atomic E-state index is 0.0164. The molecule has 1 aliphatic rings. The van der Waals surface area contributed by atoms with Gasteiger partial charge in [0.15, 0.2) is 0 Å². The molecular weight excluding hydrogens is 268 g/mol. The van der Waals surface area contributed by atoms with Crippen LogP contribution in [0.5, 0.6) is 0 Å². The molecule has 1 saturated heterocycles. The van der Waals surface area contributed by atoms with E-state index in [9.17, 15) is 4.79 Å². The molecule has 0 spiro atoms. The number of nitrogens with zero attached hydrogens (tertiary/aromatic N) is 5. The summed E-state index contributed by atoms with van der Waals surface area (Å²) in [6.45, 7) is 4.66. The first-order chi connectivity index (χ1) is 10.3. The lowest BCUT2D eigenvalue weighted by Gasteiger charge is -2.33. The van der Waals surface area contributed by atoms with Crippen molar-refractivity contribution < 1.29 is 4.79 Å². The topological polar surface area (TPSA) is 75.9 Å². The summed E-state index contributed by atoms with van der Waals surface area (Å²) in [4.78, 5) is 18.6. The lowest BCUT2D eigenvalue weighted by molar-refractivity contribution is 0.0690. The van der Waals surface area contributed by atoms with Gasteiger partial charge in [0.05, 0.1) is 12.2 Å². The average Bonchev–Trinajstić information content (AvgIpc) is 3.04. The maximum absolute atomic E-state index is 12.6. The highest BCUT2D eigenvalue weighted by Gasteiger charge is 2.27. The van der Waals surface area contributed by atoms with E-state index >= 15 is 0 Å². The highest BCUT2D eigenvalue weighted by molar-refractivity contribution is 5.92. The maximum Gasteiger partial charge on any atom is 0.273 e. The maximum atomic E-state index is 12.6. The van der Waals surface area contributed by atoms with E-state index in [1.807, 2.05) is 30.2 Å². The SMILES string of the molecule is CCn1nncc1C(=O)N1CCNC(c2cccnc2)C1. The van der Waals surface area contributed by atoms with E-state index < -0.39 is 0 Å². The van der Waals surface area contributed by atoms with E-state index in [1.165, 1.54) is 6.20 Å². The van der Waals surface area contributed by atoms with Gasteiger partial charge in [-0.15, -0.1) is 5.10 Å². The normalized spacial score (nSPS) is 18.7. The van der Waals surface area contributed by atoms with Gasteiger partial charge in [0.1, 0.15) is 5.69 Å². The number of aryl methyl sites for hydroxylation is 1. The Bertz CT molecular complexity index is 611. The molecule has 0 radical (unpaired) electrons. The second-order valence-corrected chi connectivity index (χ2v) is 4.98. The summed E-state index contributed by atoms with van der Waals surface area (Å²) in [6, 6.07) is 4.05. The fourth-order valence-corrected chi connectivity index (χ4v) is 2.56. The third kappa shape index (κ3) is 2.78. The molecule has 1 N–H and O–H groups in total. The molecule has 1 unspecified atom stereocenters. The Morgan fingerprint density at radius 1 is 1.48 bits per heavy atom. The fraction of sp³-hybridized carbons (Fsp3) is 0.429. The molecule has 2 aromatic rings. The molecule has 1 amide bonds. The monoisotopic (exact) mass is 286 g/mol. The van der Waals surface area contributed by atoms with Crippen LogP contribution in [-0.2, 0) is 6.54 Å². The van der Waals surface area contributed by atoms with Gasteiger partial charge in [-0.05, 0) is 18.6 Å². The van der Waals surface area contributed by atoms with Crippen molar-refractivity contribution in [2.24, 2.45) is 0 Å². The molecule has 1 atom stereocenters. The van der Waals surface area contributed by atoms with Crippen LogP contribution < -0.4 is 5.32 Å². The molecule has 7 nitrogen and oxygen atoms in total. The predicted octanol–water partition coefficient (Wildman–Crippen LogP) is 0.480. The van der Waals surface area contributed by atoms with Gasteiger partial charge in [0.2, 0.25) is 0 Å².